The van der Waals surface area contributed by atoms with Crippen LogP contribution in [0.2, 0.25) is 0 Å². The fourth-order valence-electron chi connectivity index (χ4n) is 2.13. The van der Waals surface area contributed by atoms with Crippen LogP contribution in [0.5, 0.6) is 0 Å². The van der Waals surface area contributed by atoms with E-state index >= 15 is 0 Å². The van der Waals surface area contributed by atoms with Crippen LogP contribution in [0.3, 0.4) is 0 Å². The van der Waals surface area contributed by atoms with Crippen LogP contribution in [0.1, 0.15) is 23.0 Å². The second-order valence-corrected chi connectivity index (χ2v) is 6.50. The highest BCUT2D eigenvalue weighted by Crippen LogP contribution is 2.27. The number of para-hydroxylation sites is 1. The molecule has 122 valence electrons. The maximum absolute atomic E-state index is 12.2. The average Bonchev–Trinajstić information content (AvgIpc) is 3.12. The molecule has 0 radical (unpaired) electrons. The summed E-state index contributed by atoms with van der Waals surface area (Å²) in [5.41, 5.74) is 1.45. The molecule has 0 saturated carbocycles. The fraction of sp³-hybridized carbons (Fsp3) is 0.125. The van der Waals surface area contributed by atoms with Crippen LogP contribution in [0.25, 0.3) is 11.8 Å². The number of benzene rings is 1. The molecular weight excluding hydrogens is 346 g/mol. The first-order chi connectivity index (χ1) is 11.6. The van der Waals surface area contributed by atoms with E-state index in [1.165, 1.54) is 0 Å². The van der Waals surface area contributed by atoms with Gasteiger partial charge in [-0.05, 0) is 25.1 Å². The number of carbonyl (C=O) groups excluding carboxylic acids is 2. The Morgan fingerprint density at radius 1 is 1.42 bits per heavy atom. The molecule has 1 aromatic carbocycles. The summed E-state index contributed by atoms with van der Waals surface area (Å²) >= 11 is 6.13. The zero-order valence-corrected chi connectivity index (χ0v) is 14.3. The van der Waals surface area contributed by atoms with Crippen LogP contribution in [-0.4, -0.2) is 32.6 Å². The van der Waals surface area contributed by atoms with E-state index in [-0.39, 0.29) is 18.2 Å². The van der Waals surface area contributed by atoms with Gasteiger partial charge in [0.25, 0.3) is 5.91 Å². The molecule has 3 rings (SSSR count). The Bertz CT molecular complexity index is 844. The largest absolute Gasteiger partial charge is 0.461 e. The van der Waals surface area contributed by atoms with Crippen molar-refractivity contribution in [3.05, 3.63) is 52.7 Å². The molecule has 1 aliphatic rings. The summed E-state index contributed by atoms with van der Waals surface area (Å²) < 4.78 is 7.02. The van der Waals surface area contributed by atoms with E-state index in [4.69, 9.17) is 17.0 Å². The SMILES string of the molecule is CCOC(=O)c1nn(-c2ccccc2)cc1/C=C1/SC(=S)NC1=O. The molecule has 2 aromatic rings. The van der Waals surface area contributed by atoms with Crippen molar-refractivity contribution in [2.45, 2.75) is 6.92 Å². The van der Waals surface area contributed by atoms with Gasteiger partial charge in [0.05, 0.1) is 17.2 Å². The lowest BCUT2D eigenvalue weighted by Gasteiger charge is -2.00. The Labute approximate surface area is 147 Å². The van der Waals surface area contributed by atoms with E-state index < -0.39 is 5.97 Å². The number of aromatic nitrogens is 2. The molecule has 0 unspecified atom stereocenters. The number of nitrogens with one attached hydrogen (secondary N) is 1. The van der Waals surface area contributed by atoms with E-state index in [1.54, 1.807) is 23.9 Å². The van der Waals surface area contributed by atoms with Gasteiger partial charge >= 0.3 is 5.97 Å². The van der Waals surface area contributed by atoms with Gasteiger partial charge in [0.1, 0.15) is 4.32 Å². The van der Waals surface area contributed by atoms with E-state index in [1.807, 2.05) is 30.3 Å². The number of ether oxygens (including phenoxy) is 1. The molecule has 6 nitrogen and oxygen atoms in total. The summed E-state index contributed by atoms with van der Waals surface area (Å²) in [6.07, 6.45) is 3.28. The highest BCUT2D eigenvalue weighted by atomic mass is 32.2. The molecule has 1 aromatic heterocycles. The monoisotopic (exact) mass is 359 g/mol. The summed E-state index contributed by atoms with van der Waals surface area (Å²) in [7, 11) is 0. The van der Waals surface area contributed by atoms with Gasteiger partial charge in [0, 0.05) is 11.8 Å². The quantitative estimate of drug-likeness (QED) is 0.514. The molecule has 1 amide bonds. The first-order valence-corrected chi connectivity index (χ1v) is 8.38. The van der Waals surface area contributed by atoms with Crippen LogP contribution in [0.15, 0.2) is 41.4 Å². The van der Waals surface area contributed by atoms with Gasteiger partial charge < -0.3 is 10.1 Å². The molecule has 0 spiro atoms. The lowest BCUT2D eigenvalue weighted by atomic mass is 10.2. The first kappa shape index (κ1) is 16.4. The van der Waals surface area contributed by atoms with Crippen molar-refractivity contribution in [2.24, 2.45) is 0 Å². The van der Waals surface area contributed by atoms with Crippen molar-refractivity contribution in [3.8, 4) is 5.69 Å². The van der Waals surface area contributed by atoms with Gasteiger partial charge in [-0.2, -0.15) is 5.10 Å². The zero-order valence-electron chi connectivity index (χ0n) is 12.7. The summed E-state index contributed by atoms with van der Waals surface area (Å²) in [4.78, 5) is 24.4. The Morgan fingerprint density at radius 2 is 2.17 bits per heavy atom. The Morgan fingerprint density at radius 3 is 2.79 bits per heavy atom. The molecule has 0 bridgehead atoms. The molecule has 24 heavy (non-hydrogen) atoms. The number of nitrogens with zero attached hydrogens (tertiary/aromatic N) is 2. The van der Waals surface area contributed by atoms with Gasteiger partial charge in [0.2, 0.25) is 0 Å². The van der Waals surface area contributed by atoms with Gasteiger partial charge in [-0.3, -0.25) is 4.79 Å². The van der Waals surface area contributed by atoms with Crippen LogP contribution in [-0.2, 0) is 9.53 Å². The highest BCUT2D eigenvalue weighted by Gasteiger charge is 2.24. The predicted molar refractivity (Wildman–Crippen MR) is 95.8 cm³/mol. The predicted octanol–water partition coefficient (Wildman–Crippen LogP) is 2.54. The smallest absolute Gasteiger partial charge is 0.359 e. The van der Waals surface area contributed by atoms with Crippen molar-refractivity contribution >= 4 is 46.3 Å². The molecule has 1 N–H and O–H groups in total. The van der Waals surface area contributed by atoms with E-state index in [0.29, 0.717) is 14.8 Å². The Kier molecular flexibility index (Phi) is 4.77. The minimum Gasteiger partial charge on any atom is -0.461 e. The number of hydrogen-bond donors (Lipinski definition) is 1. The third kappa shape index (κ3) is 3.39. The summed E-state index contributed by atoms with van der Waals surface area (Å²) in [5.74, 6) is -0.822. The van der Waals surface area contributed by atoms with Gasteiger partial charge in [-0.15, -0.1) is 0 Å². The maximum atomic E-state index is 12.2. The number of thiocarbonyl (C=S) groups is 1. The van der Waals surface area contributed by atoms with Crippen molar-refractivity contribution in [1.82, 2.24) is 15.1 Å². The van der Waals surface area contributed by atoms with Gasteiger partial charge in [0.15, 0.2) is 5.69 Å². The van der Waals surface area contributed by atoms with Crippen LogP contribution in [0.4, 0.5) is 0 Å². The normalized spacial score (nSPS) is 15.6. The third-order valence-corrected chi connectivity index (χ3v) is 4.32. The number of rotatable bonds is 4. The molecule has 0 atom stereocenters. The second kappa shape index (κ2) is 6.98. The van der Waals surface area contributed by atoms with Crippen molar-refractivity contribution < 1.29 is 14.3 Å². The van der Waals surface area contributed by atoms with Gasteiger partial charge in [-0.1, -0.05) is 42.2 Å². The van der Waals surface area contributed by atoms with Crippen molar-refractivity contribution in [2.75, 3.05) is 6.61 Å². The molecule has 1 saturated heterocycles. The molecule has 1 fully saturated rings. The maximum Gasteiger partial charge on any atom is 0.359 e. The topological polar surface area (TPSA) is 73.2 Å². The lowest BCUT2D eigenvalue weighted by molar-refractivity contribution is -0.115. The van der Waals surface area contributed by atoms with Crippen molar-refractivity contribution in [3.63, 3.8) is 0 Å². The minimum atomic E-state index is -0.537. The summed E-state index contributed by atoms with van der Waals surface area (Å²) in [6.45, 7) is 1.97. The molecule has 1 aliphatic heterocycles. The molecule has 2 heterocycles. The second-order valence-electron chi connectivity index (χ2n) is 4.79. The zero-order chi connectivity index (χ0) is 17.1. The molecular formula is C16H13N3O3S2. The number of amides is 1. The lowest BCUT2D eigenvalue weighted by Crippen LogP contribution is -2.17. The number of esters is 1. The minimum absolute atomic E-state index is 0.152. The highest BCUT2D eigenvalue weighted by molar-refractivity contribution is 8.26. The first-order valence-electron chi connectivity index (χ1n) is 7.15. The number of carbonyl (C=O) groups is 2. The number of thioether (sulfide) groups is 1. The Hall–Kier alpha value is -2.45. The summed E-state index contributed by atoms with van der Waals surface area (Å²) in [6, 6.07) is 9.37. The van der Waals surface area contributed by atoms with Crippen LogP contribution in [0, 0.1) is 0 Å². The molecule has 8 heteroatoms. The van der Waals surface area contributed by atoms with Gasteiger partial charge in [-0.25, -0.2) is 9.48 Å². The van der Waals surface area contributed by atoms with Crippen molar-refractivity contribution in [1.29, 1.82) is 0 Å². The fourth-order valence-corrected chi connectivity index (χ4v) is 3.16. The Balaban J connectivity index is 2.05. The van der Waals surface area contributed by atoms with Crippen LogP contribution < -0.4 is 5.32 Å². The standard InChI is InChI=1S/C16H13N3O3S2/c1-2-22-15(21)13-10(8-12-14(20)17-16(23)24-12)9-19(18-13)11-6-4-3-5-7-11/h3-9H,2H2,1H3,(H,17,20,23)/b12-8+. The van der Waals surface area contributed by atoms with E-state index in [9.17, 15) is 9.59 Å². The number of hydrogen-bond acceptors (Lipinski definition) is 6. The molecule has 0 aliphatic carbocycles. The summed E-state index contributed by atoms with van der Waals surface area (Å²) in [5, 5.41) is 6.85. The third-order valence-electron chi connectivity index (χ3n) is 3.16. The van der Waals surface area contributed by atoms with E-state index in [0.717, 1.165) is 17.4 Å². The van der Waals surface area contributed by atoms with Crippen LogP contribution >= 0.6 is 24.0 Å². The average molecular weight is 359 g/mol. The van der Waals surface area contributed by atoms with E-state index in [2.05, 4.69) is 10.4 Å².